The molecular weight excluding hydrogens is 264 g/mol. The highest BCUT2D eigenvalue weighted by atomic mass is 16.3. The van der Waals surface area contributed by atoms with Crippen molar-refractivity contribution in [2.45, 2.75) is 13.8 Å². The molecule has 0 atom stereocenters. The fourth-order valence-corrected chi connectivity index (χ4v) is 2.25. The van der Waals surface area contributed by atoms with Crippen LogP contribution in [0.25, 0.3) is 16.3 Å². The number of aryl methyl sites for hydroxylation is 1. The number of phenols is 1. The highest BCUT2D eigenvalue weighted by molar-refractivity contribution is 5.94. The third kappa shape index (κ3) is 2.58. The first-order chi connectivity index (χ1) is 10.0. The monoisotopic (exact) mass is 280 g/mol. The van der Waals surface area contributed by atoms with Gasteiger partial charge in [0.05, 0.1) is 5.69 Å². The van der Waals surface area contributed by atoms with Crippen LogP contribution in [0.2, 0.25) is 0 Å². The van der Waals surface area contributed by atoms with Crippen molar-refractivity contribution in [2.24, 2.45) is 0 Å². The lowest BCUT2D eigenvalue weighted by molar-refractivity contribution is 0.476. The van der Waals surface area contributed by atoms with Gasteiger partial charge in [-0.1, -0.05) is 6.58 Å². The predicted molar refractivity (Wildman–Crippen MR) is 84.7 cm³/mol. The van der Waals surface area contributed by atoms with E-state index in [1.165, 1.54) is 0 Å². The number of benzene rings is 1. The highest BCUT2D eigenvalue weighted by Gasteiger charge is 2.09. The van der Waals surface area contributed by atoms with Gasteiger partial charge in [0, 0.05) is 17.1 Å². The number of rotatable bonds is 3. The summed E-state index contributed by atoms with van der Waals surface area (Å²) in [6, 6.07) is 9.00. The van der Waals surface area contributed by atoms with Crippen molar-refractivity contribution >= 4 is 28.0 Å². The van der Waals surface area contributed by atoms with Gasteiger partial charge in [-0.25, -0.2) is 4.98 Å². The summed E-state index contributed by atoms with van der Waals surface area (Å²) in [6.45, 7) is 7.82. The van der Waals surface area contributed by atoms with E-state index in [2.05, 4.69) is 27.1 Å². The number of aromatic nitrogens is 3. The number of aromatic amines is 1. The molecule has 3 rings (SSSR count). The number of nitrogens with one attached hydrogen (secondary N) is 2. The number of nitrogens with zero attached hydrogens (tertiary/aromatic N) is 2. The molecule has 5 heteroatoms. The summed E-state index contributed by atoms with van der Waals surface area (Å²) in [5.41, 5.74) is 2.64. The van der Waals surface area contributed by atoms with Crippen LogP contribution in [0.1, 0.15) is 18.3 Å². The van der Waals surface area contributed by atoms with Gasteiger partial charge in [-0.2, -0.15) is 5.10 Å². The van der Waals surface area contributed by atoms with Crippen LogP contribution in [0.3, 0.4) is 0 Å². The van der Waals surface area contributed by atoms with Crippen LogP contribution >= 0.6 is 0 Å². The van der Waals surface area contributed by atoms with Gasteiger partial charge in [0.2, 0.25) is 0 Å². The minimum absolute atomic E-state index is 0.225. The number of allylic oxidation sites excluding steroid dienone is 1. The van der Waals surface area contributed by atoms with Gasteiger partial charge in [-0.3, -0.25) is 5.10 Å². The molecule has 0 saturated carbocycles. The Morgan fingerprint density at radius 3 is 2.71 bits per heavy atom. The Morgan fingerprint density at radius 1 is 1.24 bits per heavy atom. The number of anilines is 2. The second-order valence-corrected chi connectivity index (χ2v) is 5.10. The Kier molecular flexibility index (Phi) is 3.10. The van der Waals surface area contributed by atoms with E-state index < -0.39 is 0 Å². The lowest BCUT2D eigenvalue weighted by Crippen LogP contribution is -1.97. The number of phenolic OH excluding ortho intramolecular Hbond substituents is 1. The van der Waals surface area contributed by atoms with Crippen LogP contribution in [-0.2, 0) is 0 Å². The highest BCUT2D eigenvalue weighted by Crippen LogP contribution is 2.29. The third-order valence-corrected chi connectivity index (χ3v) is 3.18. The van der Waals surface area contributed by atoms with Crippen molar-refractivity contribution < 1.29 is 5.11 Å². The van der Waals surface area contributed by atoms with E-state index in [1.54, 1.807) is 12.1 Å². The molecule has 0 spiro atoms. The summed E-state index contributed by atoms with van der Waals surface area (Å²) in [6.07, 6.45) is 0. The molecule has 2 heterocycles. The topological polar surface area (TPSA) is 73.8 Å². The van der Waals surface area contributed by atoms with Crippen molar-refractivity contribution in [1.29, 1.82) is 0 Å². The molecule has 106 valence electrons. The minimum atomic E-state index is 0.225. The molecule has 2 aromatic heterocycles. The van der Waals surface area contributed by atoms with Crippen LogP contribution in [0.5, 0.6) is 5.75 Å². The summed E-state index contributed by atoms with van der Waals surface area (Å²) < 4.78 is 0. The number of hydrogen-bond donors (Lipinski definition) is 3. The summed E-state index contributed by atoms with van der Waals surface area (Å²) in [7, 11) is 0. The Bertz CT molecular complexity index is 835. The maximum Gasteiger partial charge on any atom is 0.153 e. The molecule has 3 N–H and O–H groups in total. The van der Waals surface area contributed by atoms with Gasteiger partial charge in [0.25, 0.3) is 0 Å². The lowest BCUT2D eigenvalue weighted by atomic mass is 10.1. The zero-order valence-corrected chi connectivity index (χ0v) is 11.9. The van der Waals surface area contributed by atoms with Crippen molar-refractivity contribution in [2.75, 3.05) is 5.32 Å². The summed E-state index contributed by atoms with van der Waals surface area (Å²) in [4.78, 5) is 4.59. The van der Waals surface area contributed by atoms with Gasteiger partial charge in [-0.15, -0.1) is 0 Å². The predicted octanol–water partition coefficient (Wildman–Crippen LogP) is 3.75. The minimum Gasteiger partial charge on any atom is -0.508 e. The van der Waals surface area contributed by atoms with Gasteiger partial charge in [0.15, 0.2) is 5.82 Å². The summed E-state index contributed by atoms with van der Waals surface area (Å²) in [5.74, 6) is 1.59. The molecule has 0 bridgehead atoms. The van der Waals surface area contributed by atoms with Crippen molar-refractivity contribution in [3.63, 3.8) is 0 Å². The fourth-order valence-electron chi connectivity index (χ4n) is 2.25. The third-order valence-electron chi connectivity index (χ3n) is 3.18. The molecule has 0 aliphatic rings. The zero-order chi connectivity index (χ0) is 15.0. The van der Waals surface area contributed by atoms with E-state index in [0.717, 1.165) is 27.7 Å². The van der Waals surface area contributed by atoms with E-state index >= 15 is 0 Å². The smallest absolute Gasteiger partial charge is 0.153 e. The van der Waals surface area contributed by atoms with Crippen LogP contribution < -0.4 is 5.32 Å². The van der Waals surface area contributed by atoms with Crippen molar-refractivity contribution in [3.8, 4) is 5.75 Å². The van der Waals surface area contributed by atoms with E-state index in [9.17, 15) is 5.11 Å². The van der Waals surface area contributed by atoms with Crippen LogP contribution in [0.15, 0.2) is 36.9 Å². The second-order valence-electron chi connectivity index (χ2n) is 5.10. The standard InChI is InChI=1S/C16H16N4O/c1-9(2)16-13-5-4-12(21)7-11(13)8-14(18-16)17-15-6-10(3)19-20-15/h4-8,21H,1H2,2-3H3,(H2,17,18,19,20). The number of pyridine rings is 1. The quantitative estimate of drug-likeness (QED) is 0.683. The van der Waals surface area contributed by atoms with E-state index in [0.29, 0.717) is 11.6 Å². The van der Waals surface area contributed by atoms with Gasteiger partial charge >= 0.3 is 0 Å². The SMILES string of the molecule is C=C(C)c1nc(Nc2cc(C)[nH]n2)cc2cc(O)ccc12. The average Bonchev–Trinajstić information content (AvgIpc) is 2.82. The first-order valence-corrected chi connectivity index (χ1v) is 6.61. The van der Waals surface area contributed by atoms with E-state index in [-0.39, 0.29) is 5.75 Å². The Labute approximate surface area is 122 Å². The molecule has 1 aromatic carbocycles. The normalized spacial score (nSPS) is 10.8. The molecule has 21 heavy (non-hydrogen) atoms. The zero-order valence-electron chi connectivity index (χ0n) is 11.9. The molecule has 0 amide bonds. The fraction of sp³-hybridized carbons (Fsp3) is 0.125. The molecular formula is C16H16N4O. The van der Waals surface area contributed by atoms with E-state index in [4.69, 9.17) is 0 Å². The van der Waals surface area contributed by atoms with Crippen LogP contribution in [-0.4, -0.2) is 20.3 Å². The molecule has 0 unspecified atom stereocenters. The summed E-state index contributed by atoms with van der Waals surface area (Å²) >= 11 is 0. The lowest BCUT2D eigenvalue weighted by Gasteiger charge is -2.10. The van der Waals surface area contributed by atoms with Crippen LogP contribution in [0, 0.1) is 6.92 Å². The molecule has 0 fully saturated rings. The number of aromatic hydroxyl groups is 1. The average molecular weight is 280 g/mol. The number of H-pyrrole nitrogens is 1. The maximum atomic E-state index is 9.66. The molecule has 0 aliphatic carbocycles. The molecule has 3 aromatic rings. The van der Waals surface area contributed by atoms with Crippen molar-refractivity contribution in [3.05, 3.63) is 48.3 Å². The van der Waals surface area contributed by atoms with E-state index in [1.807, 2.05) is 32.0 Å². The summed E-state index contributed by atoms with van der Waals surface area (Å²) in [5, 5.41) is 21.7. The molecule has 0 aliphatic heterocycles. The van der Waals surface area contributed by atoms with Crippen molar-refractivity contribution in [1.82, 2.24) is 15.2 Å². The number of hydrogen-bond acceptors (Lipinski definition) is 4. The molecule has 5 nitrogen and oxygen atoms in total. The Hall–Kier alpha value is -2.82. The maximum absolute atomic E-state index is 9.66. The largest absolute Gasteiger partial charge is 0.508 e. The van der Waals surface area contributed by atoms with Gasteiger partial charge in [0.1, 0.15) is 11.6 Å². The second kappa shape index (κ2) is 4.94. The Balaban J connectivity index is 2.12. The first-order valence-electron chi connectivity index (χ1n) is 6.61. The van der Waals surface area contributed by atoms with Gasteiger partial charge in [-0.05, 0) is 49.1 Å². The van der Waals surface area contributed by atoms with Gasteiger partial charge < -0.3 is 10.4 Å². The Morgan fingerprint density at radius 2 is 2.05 bits per heavy atom. The first kappa shape index (κ1) is 13.2. The van der Waals surface area contributed by atoms with Crippen LogP contribution in [0.4, 0.5) is 11.6 Å². The molecule has 0 saturated heterocycles. The number of fused-ring (bicyclic) bond motifs is 1. The molecule has 0 radical (unpaired) electrons.